The molecule has 0 aliphatic heterocycles. The highest BCUT2D eigenvalue weighted by molar-refractivity contribution is 5.88. The Labute approximate surface area is 272 Å². The zero-order valence-corrected chi connectivity index (χ0v) is 26.5. The van der Waals surface area contributed by atoms with E-state index in [1.807, 2.05) is 74.5 Å². The lowest BCUT2D eigenvalue weighted by atomic mass is 10.0. The average Bonchev–Trinajstić information content (AvgIpc) is 3.05. The fourth-order valence-corrected chi connectivity index (χ4v) is 5.63. The number of fused-ring (bicyclic) bond motifs is 4. The van der Waals surface area contributed by atoms with E-state index in [0.29, 0.717) is 33.5 Å². The molecule has 48 heavy (non-hydrogen) atoms. The average molecular weight is 637 g/mol. The Balaban J connectivity index is 0.000000152. The highest BCUT2D eigenvalue weighted by atomic mass is 16.4. The Morgan fingerprint density at radius 2 is 0.750 bits per heavy atom. The molecule has 4 aromatic carbocycles. The Morgan fingerprint density at radius 1 is 0.354 bits per heavy atom. The van der Waals surface area contributed by atoms with Gasteiger partial charge in [0.15, 0.2) is 0 Å². The molecule has 0 radical (unpaired) electrons. The van der Waals surface area contributed by atoms with Crippen molar-refractivity contribution in [1.29, 1.82) is 0 Å². The maximum atomic E-state index is 12.3. The molecule has 0 saturated heterocycles. The lowest BCUT2D eigenvalue weighted by Gasteiger charge is -2.06. The summed E-state index contributed by atoms with van der Waals surface area (Å²) in [7, 11) is 0. The molecule has 8 nitrogen and oxygen atoms in total. The van der Waals surface area contributed by atoms with Crippen molar-refractivity contribution in [2.24, 2.45) is 0 Å². The van der Waals surface area contributed by atoms with E-state index in [1.54, 1.807) is 50.2 Å². The summed E-state index contributed by atoms with van der Waals surface area (Å²) < 4.78 is 21.3. The minimum absolute atomic E-state index is 0.211. The first-order valence-electron chi connectivity index (χ1n) is 15.2. The van der Waals surface area contributed by atoms with Crippen LogP contribution in [0.15, 0.2) is 134 Å². The lowest BCUT2D eigenvalue weighted by Crippen LogP contribution is -2.10. The summed E-state index contributed by atoms with van der Waals surface area (Å²) in [5, 5.41) is 3.28. The molecule has 0 spiro atoms. The van der Waals surface area contributed by atoms with Crippen LogP contribution in [-0.2, 0) is 0 Å². The van der Waals surface area contributed by atoms with Crippen LogP contribution >= 0.6 is 0 Å². The summed E-state index contributed by atoms with van der Waals surface area (Å²) in [6.45, 7) is 7.32. The van der Waals surface area contributed by atoms with Crippen molar-refractivity contribution in [2.75, 3.05) is 0 Å². The normalized spacial score (nSPS) is 11.2. The Hall–Kier alpha value is -6.28. The third-order valence-corrected chi connectivity index (χ3v) is 8.22. The van der Waals surface area contributed by atoms with Gasteiger partial charge < -0.3 is 17.7 Å². The van der Waals surface area contributed by atoms with Gasteiger partial charge in [-0.25, -0.2) is 19.2 Å². The van der Waals surface area contributed by atoms with E-state index >= 15 is 0 Å². The van der Waals surface area contributed by atoms with Gasteiger partial charge in [-0.3, -0.25) is 0 Å². The molecule has 0 atom stereocenters. The summed E-state index contributed by atoms with van der Waals surface area (Å²) in [5.41, 5.74) is 6.00. The maximum Gasteiger partial charge on any atom is 0.344 e. The van der Waals surface area contributed by atoms with Crippen LogP contribution in [0.25, 0.3) is 66.1 Å². The van der Waals surface area contributed by atoms with Gasteiger partial charge in [0, 0.05) is 32.7 Å². The summed E-state index contributed by atoms with van der Waals surface area (Å²) in [6.07, 6.45) is 0. The molecule has 0 aliphatic carbocycles. The minimum atomic E-state index is -0.549. The van der Waals surface area contributed by atoms with Gasteiger partial charge >= 0.3 is 22.5 Å². The van der Waals surface area contributed by atoms with Gasteiger partial charge in [0.05, 0.1) is 11.1 Å². The van der Waals surface area contributed by atoms with E-state index in [2.05, 4.69) is 0 Å². The van der Waals surface area contributed by atoms with Crippen LogP contribution in [0.1, 0.15) is 22.3 Å². The van der Waals surface area contributed by atoms with Gasteiger partial charge in [0.25, 0.3) is 0 Å². The quantitative estimate of drug-likeness (QED) is 0.174. The third-order valence-electron chi connectivity index (χ3n) is 8.22. The highest BCUT2D eigenvalue weighted by Crippen LogP contribution is 2.28. The molecule has 0 unspecified atom stereocenters. The van der Waals surface area contributed by atoms with Crippen molar-refractivity contribution in [2.45, 2.75) is 27.7 Å². The third kappa shape index (κ3) is 5.76. The molecule has 236 valence electrons. The molecule has 0 fully saturated rings. The Morgan fingerprint density at radius 3 is 1.17 bits per heavy atom. The second-order valence-electron chi connectivity index (χ2n) is 11.9. The van der Waals surface area contributed by atoms with Gasteiger partial charge in [0.1, 0.15) is 22.3 Å². The Kier molecular flexibility index (Phi) is 7.48. The van der Waals surface area contributed by atoms with E-state index in [-0.39, 0.29) is 22.4 Å². The van der Waals surface area contributed by atoms with E-state index < -0.39 is 11.3 Å². The molecule has 0 bridgehead atoms. The van der Waals surface area contributed by atoms with Crippen LogP contribution in [0.2, 0.25) is 0 Å². The SMILES string of the molecule is Cc1cc2cc(-c3ccc4oc(=O)c(C)cc4c3)ccc2oc1=O.Cc1ccc2cc(-c3cc4ccc(C)cc4oc3=O)c(=O)oc2c1. The van der Waals surface area contributed by atoms with E-state index in [9.17, 15) is 19.2 Å². The lowest BCUT2D eigenvalue weighted by molar-refractivity contribution is 0.553. The van der Waals surface area contributed by atoms with Crippen LogP contribution in [0, 0.1) is 27.7 Å². The van der Waals surface area contributed by atoms with Gasteiger partial charge in [-0.15, -0.1) is 0 Å². The zero-order valence-electron chi connectivity index (χ0n) is 26.5. The topological polar surface area (TPSA) is 121 Å². The van der Waals surface area contributed by atoms with Crippen LogP contribution in [0.4, 0.5) is 0 Å². The second-order valence-corrected chi connectivity index (χ2v) is 11.9. The van der Waals surface area contributed by atoms with Gasteiger partial charge in [0.2, 0.25) is 0 Å². The van der Waals surface area contributed by atoms with Gasteiger partial charge in [-0.05, 0) is 111 Å². The van der Waals surface area contributed by atoms with Crippen LogP contribution in [0.3, 0.4) is 0 Å². The Bertz CT molecular complexity index is 2620. The van der Waals surface area contributed by atoms with Crippen LogP contribution in [-0.4, -0.2) is 0 Å². The predicted octanol–water partition coefficient (Wildman–Crippen LogP) is 8.37. The molecule has 0 N–H and O–H groups in total. The number of hydrogen-bond acceptors (Lipinski definition) is 8. The molecule has 0 amide bonds. The first-order valence-corrected chi connectivity index (χ1v) is 15.2. The van der Waals surface area contributed by atoms with E-state index in [4.69, 9.17) is 17.7 Å². The van der Waals surface area contributed by atoms with Crippen LogP contribution < -0.4 is 22.5 Å². The maximum absolute atomic E-state index is 12.3. The standard InChI is InChI=1S/2C20H14O4/c1-11-7-15-9-13(3-5-17(15)23-19(11)21)14-4-6-18-16(10-14)8-12(2)20(22)24-18;1-11-3-5-13-9-15(19(21)23-17(13)7-11)16-10-14-6-4-12(2)8-18(14)24-20(16)22/h2*3-10H,1-2H3. The van der Waals surface area contributed by atoms with Crippen molar-refractivity contribution in [3.8, 4) is 22.3 Å². The van der Waals surface area contributed by atoms with Crippen molar-refractivity contribution in [1.82, 2.24) is 0 Å². The molecule has 8 rings (SSSR count). The first kappa shape index (κ1) is 30.4. The van der Waals surface area contributed by atoms with E-state index in [0.717, 1.165) is 43.8 Å². The number of hydrogen-bond donors (Lipinski definition) is 0. The number of benzene rings is 4. The van der Waals surface area contributed by atoms with Crippen molar-refractivity contribution < 1.29 is 17.7 Å². The van der Waals surface area contributed by atoms with Crippen molar-refractivity contribution in [3.63, 3.8) is 0 Å². The summed E-state index contributed by atoms with van der Waals surface area (Å²) in [6, 6.07) is 29.6. The predicted molar refractivity (Wildman–Crippen MR) is 187 cm³/mol. The van der Waals surface area contributed by atoms with Crippen LogP contribution in [0.5, 0.6) is 0 Å². The fourth-order valence-electron chi connectivity index (χ4n) is 5.63. The monoisotopic (exact) mass is 636 g/mol. The molecular formula is C40H28O8. The summed E-state index contributed by atoms with van der Waals surface area (Å²) in [5.74, 6) is 0. The molecule has 8 heteroatoms. The smallest absolute Gasteiger partial charge is 0.344 e. The number of rotatable bonds is 2. The zero-order chi connectivity index (χ0) is 33.7. The first-order chi connectivity index (χ1) is 23.0. The highest BCUT2D eigenvalue weighted by Gasteiger charge is 2.14. The second kappa shape index (κ2) is 11.8. The fraction of sp³-hybridized carbons (Fsp3) is 0.100. The van der Waals surface area contributed by atoms with Crippen molar-refractivity contribution >= 4 is 43.9 Å². The molecular weight excluding hydrogens is 608 g/mol. The van der Waals surface area contributed by atoms with Gasteiger partial charge in [-0.1, -0.05) is 36.4 Å². The molecule has 4 heterocycles. The summed E-state index contributed by atoms with van der Waals surface area (Å²) >= 11 is 0. The van der Waals surface area contributed by atoms with E-state index in [1.165, 1.54) is 0 Å². The number of aryl methyl sites for hydroxylation is 4. The molecule has 0 saturated carbocycles. The molecule has 4 aromatic heterocycles. The molecule has 0 aliphatic rings. The minimum Gasteiger partial charge on any atom is -0.423 e. The summed E-state index contributed by atoms with van der Waals surface area (Å²) in [4.78, 5) is 47.9. The molecule has 8 aromatic rings. The largest absolute Gasteiger partial charge is 0.423 e. The van der Waals surface area contributed by atoms with Gasteiger partial charge in [-0.2, -0.15) is 0 Å². The van der Waals surface area contributed by atoms with Crippen molar-refractivity contribution in [3.05, 3.63) is 161 Å².